The van der Waals surface area contributed by atoms with Gasteiger partial charge in [0.1, 0.15) is 5.97 Å². The Kier molecular flexibility index (Phi) is 2.97. The molecule has 0 aromatic rings. The van der Waals surface area contributed by atoms with Gasteiger partial charge in [-0.1, -0.05) is 12.2 Å². The zero-order valence-corrected chi connectivity index (χ0v) is 6.90. The number of aliphatic hydroxyl groups is 1. The average molecular weight is 181 g/mol. The van der Waals surface area contributed by atoms with Crippen LogP contribution < -0.4 is 5.11 Å². The quantitative estimate of drug-likeness (QED) is 0.435. The van der Waals surface area contributed by atoms with Gasteiger partial charge in [0.2, 0.25) is 5.78 Å². The van der Waals surface area contributed by atoms with Gasteiger partial charge in [-0.2, -0.15) is 0 Å². The summed E-state index contributed by atoms with van der Waals surface area (Å²) in [5.41, 5.74) is 0.611. The maximum Gasteiger partial charge on any atom is 0.201 e. The Balaban J connectivity index is 2.68. The van der Waals surface area contributed by atoms with Gasteiger partial charge in [0.05, 0.1) is 6.10 Å². The molecule has 4 heteroatoms. The van der Waals surface area contributed by atoms with Crippen LogP contribution in [-0.4, -0.2) is 23.0 Å². The number of allylic oxidation sites excluding steroid dienone is 2. The Morgan fingerprint density at radius 1 is 1.62 bits per heavy atom. The normalized spacial score (nSPS) is 24.7. The third-order valence-corrected chi connectivity index (χ3v) is 1.78. The van der Waals surface area contributed by atoms with E-state index in [2.05, 4.69) is 0 Å². The molecule has 0 aromatic carbocycles. The van der Waals surface area contributed by atoms with Crippen LogP contribution in [-0.2, 0) is 9.59 Å². The fourth-order valence-corrected chi connectivity index (χ4v) is 1.08. The molecule has 0 amide bonds. The third-order valence-electron chi connectivity index (χ3n) is 1.78. The molecule has 1 atom stereocenters. The molecule has 70 valence electrons. The minimum absolute atomic E-state index is 0.491. The first-order valence-corrected chi connectivity index (χ1v) is 3.92. The number of rotatable bonds is 2. The van der Waals surface area contributed by atoms with Gasteiger partial charge in [0, 0.05) is 0 Å². The number of hydrogen-bond donors (Lipinski definition) is 1. The summed E-state index contributed by atoms with van der Waals surface area (Å²) in [6, 6.07) is 0. The second-order valence-corrected chi connectivity index (χ2v) is 2.84. The first-order chi connectivity index (χ1) is 6.09. The van der Waals surface area contributed by atoms with Crippen molar-refractivity contribution in [2.75, 3.05) is 0 Å². The van der Waals surface area contributed by atoms with Crippen LogP contribution in [0.1, 0.15) is 12.8 Å². The van der Waals surface area contributed by atoms with Crippen molar-refractivity contribution in [3.05, 3.63) is 23.8 Å². The lowest BCUT2D eigenvalue weighted by Gasteiger charge is -2.12. The van der Waals surface area contributed by atoms with Crippen LogP contribution in [0.4, 0.5) is 0 Å². The van der Waals surface area contributed by atoms with Gasteiger partial charge in [0.15, 0.2) is 0 Å². The Hall–Kier alpha value is -1.42. The number of aliphatic hydroxyl groups excluding tert-OH is 1. The molecule has 0 fully saturated rings. The summed E-state index contributed by atoms with van der Waals surface area (Å²) in [7, 11) is 0. The van der Waals surface area contributed by atoms with E-state index in [1.54, 1.807) is 6.08 Å². The van der Waals surface area contributed by atoms with Crippen LogP contribution in [0.2, 0.25) is 0 Å². The van der Waals surface area contributed by atoms with Crippen LogP contribution in [0, 0.1) is 0 Å². The molecule has 0 saturated heterocycles. The second kappa shape index (κ2) is 4.00. The summed E-state index contributed by atoms with van der Waals surface area (Å²) < 4.78 is 0. The van der Waals surface area contributed by atoms with Crippen molar-refractivity contribution in [3.8, 4) is 0 Å². The van der Waals surface area contributed by atoms with E-state index in [1.165, 1.54) is 6.08 Å². The molecule has 1 aliphatic carbocycles. The van der Waals surface area contributed by atoms with Crippen LogP contribution in [0.5, 0.6) is 0 Å². The Bertz CT molecular complexity index is 288. The summed E-state index contributed by atoms with van der Waals surface area (Å²) >= 11 is 0. The van der Waals surface area contributed by atoms with Crippen LogP contribution in [0.25, 0.3) is 0 Å². The van der Waals surface area contributed by atoms with Crippen molar-refractivity contribution >= 4 is 11.8 Å². The van der Waals surface area contributed by atoms with Gasteiger partial charge in [-0.25, -0.2) is 0 Å². The number of carboxylic acid groups (broad SMARTS) is 1. The zero-order chi connectivity index (χ0) is 9.84. The highest BCUT2D eigenvalue weighted by molar-refractivity contribution is 6.36. The van der Waals surface area contributed by atoms with Crippen molar-refractivity contribution in [3.63, 3.8) is 0 Å². The lowest BCUT2D eigenvalue weighted by atomic mass is 9.99. The Labute approximate surface area is 75.2 Å². The zero-order valence-electron chi connectivity index (χ0n) is 6.90. The molecule has 1 unspecified atom stereocenters. The van der Waals surface area contributed by atoms with Crippen molar-refractivity contribution in [1.82, 2.24) is 0 Å². The highest BCUT2D eigenvalue weighted by Gasteiger charge is 2.08. The predicted octanol–water partition coefficient (Wildman–Crippen LogP) is -1.06. The molecule has 0 spiro atoms. The first kappa shape index (κ1) is 9.67. The number of carboxylic acids is 1. The fraction of sp³-hybridized carbons (Fsp3) is 0.333. The van der Waals surface area contributed by atoms with E-state index in [0.29, 0.717) is 18.4 Å². The van der Waals surface area contributed by atoms with Crippen molar-refractivity contribution in [2.45, 2.75) is 18.9 Å². The minimum Gasteiger partial charge on any atom is -0.541 e. The highest BCUT2D eigenvalue weighted by Crippen LogP contribution is 2.16. The van der Waals surface area contributed by atoms with E-state index in [9.17, 15) is 14.7 Å². The van der Waals surface area contributed by atoms with Crippen LogP contribution in [0.3, 0.4) is 0 Å². The van der Waals surface area contributed by atoms with E-state index in [-0.39, 0.29) is 0 Å². The fourth-order valence-electron chi connectivity index (χ4n) is 1.08. The van der Waals surface area contributed by atoms with E-state index in [1.807, 2.05) is 0 Å². The molecule has 0 aliphatic heterocycles. The maximum absolute atomic E-state index is 10.7. The molecule has 0 radical (unpaired) electrons. The largest absolute Gasteiger partial charge is 0.541 e. The van der Waals surface area contributed by atoms with E-state index in [4.69, 9.17) is 5.11 Å². The Morgan fingerprint density at radius 2 is 2.31 bits per heavy atom. The number of hydrogen-bond acceptors (Lipinski definition) is 4. The standard InChI is InChI=1S/C9H10O4/c10-7-3-1-6(2-4-7)5-8(11)9(12)13/h1,3,5,7,10H,2,4H2,(H,12,13)/p-1. The minimum atomic E-state index is -1.70. The summed E-state index contributed by atoms with van der Waals surface area (Å²) in [5, 5.41) is 19.1. The lowest BCUT2D eigenvalue weighted by molar-refractivity contribution is -0.299. The number of aliphatic carboxylic acids is 1. The monoisotopic (exact) mass is 181 g/mol. The van der Waals surface area contributed by atoms with E-state index < -0.39 is 17.9 Å². The van der Waals surface area contributed by atoms with Gasteiger partial charge in [-0.3, -0.25) is 4.79 Å². The molecule has 13 heavy (non-hydrogen) atoms. The molecule has 1 aliphatic rings. The van der Waals surface area contributed by atoms with Gasteiger partial charge in [0.25, 0.3) is 0 Å². The lowest BCUT2D eigenvalue weighted by Crippen LogP contribution is -2.30. The van der Waals surface area contributed by atoms with Gasteiger partial charge >= 0.3 is 0 Å². The summed E-state index contributed by atoms with van der Waals surface area (Å²) in [5.74, 6) is -2.73. The van der Waals surface area contributed by atoms with Crippen LogP contribution >= 0.6 is 0 Å². The van der Waals surface area contributed by atoms with Crippen molar-refractivity contribution < 1.29 is 19.8 Å². The first-order valence-electron chi connectivity index (χ1n) is 3.92. The molecular formula is C9H9O4-. The van der Waals surface area contributed by atoms with Gasteiger partial charge in [-0.05, 0) is 24.5 Å². The summed E-state index contributed by atoms with van der Waals surface area (Å²) in [4.78, 5) is 20.7. The van der Waals surface area contributed by atoms with Crippen molar-refractivity contribution in [1.29, 1.82) is 0 Å². The van der Waals surface area contributed by atoms with Gasteiger partial charge < -0.3 is 15.0 Å². The molecule has 0 aromatic heterocycles. The highest BCUT2D eigenvalue weighted by atomic mass is 16.4. The van der Waals surface area contributed by atoms with E-state index >= 15 is 0 Å². The molecule has 0 saturated carbocycles. The topological polar surface area (TPSA) is 77.4 Å². The van der Waals surface area contributed by atoms with E-state index in [0.717, 1.165) is 6.08 Å². The molecule has 1 N–H and O–H groups in total. The predicted molar refractivity (Wildman–Crippen MR) is 42.5 cm³/mol. The van der Waals surface area contributed by atoms with Crippen molar-refractivity contribution in [2.24, 2.45) is 0 Å². The number of carbonyl (C=O) groups is 2. The molecule has 1 rings (SSSR count). The molecule has 0 bridgehead atoms. The molecular weight excluding hydrogens is 172 g/mol. The van der Waals surface area contributed by atoms with Crippen LogP contribution in [0.15, 0.2) is 23.8 Å². The SMILES string of the molecule is O=C([O-])C(=O)C=C1C=CC(O)CC1. The maximum atomic E-state index is 10.7. The number of ketones is 1. The molecule has 0 heterocycles. The summed E-state index contributed by atoms with van der Waals surface area (Å²) in [6.45, 7) is 0. The van der Waals surface area contributed by atoms with Gasteiger partial charge in [-0.15, -0.1) is 0 Å². The molecule has 4 nitrogen and oxygen atoms in total. The average Bonchev–Trinajstić information content (AvgIpc) is 2.08. The smallest absolute Gasteiger partial charge is 0.201 e. The summed E-state index contributed by atoms with van der Waals surface area (Å²) in [6.07, 6.45) is 4.64. The second-order valence-electron chi connectivity index (χ2n) is 2.84. The Morgan fingerprint density at radius 3 is 2.77 bits per heavy atom. The third kappa shape index (κ3) is 2.83. The number of carbonyl (C=O) groups excluding carboxylic acids is 2.